The van der Waals surface area contributed by atoms with Gasteiger partial charge in [-0.25, -0.2) is 4.39 Å². The topological polar surface area (TPSA) is 38.9 Å². The van der Waals surface area contributed by atoms with Gasteiger partial charge in [0, 0.05) is 17.6 Å². The zero-order valence-corrected chi connectivity index (χ0v) is 12.8. The normalized spacial score (nSPS) is 23.4. The maximum atomic E-state index is 13.6. The molecule has 1 aromatic heterocycles. The Bertz CT molecular complexity index is 660. The maximum Gasteiger partial charge on any atom is 0.123 e. The fourth-order valence-electron chi connectivity index (χ4n) is 3.74. The Kier molecular flexibility index (Phi) is 4.53. The van der Waals surface area contributed by atoms with E-state index in [4.69, 9.17) is 5.73 Å². The number of pyridine rings is 1. The first kappa shape index (κ1) is 15.2. The van der Waals surface area contributed by atoms with Crippen molar-refractivity contribution in [3.63, 3.8) is 0 Å². The van der Waals surface area contributed by atoms with E-state index in [9.17, 15) is 4.39 Å². The van der Waals surface area contributed by atoms with E-state index in [1.807, 2.05) is 12.3 Å². The number of nitrogens with zero attached hydrogens (tertiary/aromatic N) is 1. The third-order valence-electron chi connectivity index (χ3n) is 4.99. The molecule has 1 saturated carbocycles. The van der Waals surface area contributed by atoms with Crippen molar-refractivity contribution in [2.24, 2.45) is 11.7 Å². The van der Waals surface area contributed by atoms with Gasteiger partial charge in [0.15, 0.2) is 0 Å². The molecule has 2 nitrogen and oxygen atoms in total. The molecule has 0 aliphatic heterocycles. The summed E-state index contributed by atoms with van der Waals surface area (Å²) < 4.78 is 13.6. The van der Waals surface area contributed by atoms with Crippen LogP contribution in [0.5, 0.6) is 0 Å². The van der Waals surface area contributed by atoms with Gasteiger partial charge >= 0.3 is 0 Å². The van der Waals surface area contributed by atoms with Crippen LogP contribution in [0.1, 0.15) is 43.6 Å². The molecule has 116 valence electrons. The third kappa shape index (κ3) is 3.05. The minimum absolute atomic E-state index is 0.191. The van der Waals surface area contributed by atoms with Crippen LogP contribution in [-0.2, 0) is 0 Å². The molecule has 0 saturated heterocycles. The number of benzene rings is 1. The number of hydrogen-bond donors (Lipinski definition) is 1. The van der Waals surface area contributed by atoms with E-state index < -0.39 is 0 Å². The number of fused-ring (bicyclic) bond motifs is 1. The summed E-state index contributed by atoms with van der Waals surface area (Å²) in [6, 6.07) is 7.14. The van der Waals surface area contributed by atoms with E-state index >= 15 is 0 Å². The molecule has 0 unspecified atom stereocenters. The summed E-state index contributed by atoms with van der Waals surface area (Å²) in [5, 5.41) is 0.960. The van der Waals surface area contributed by atoms with Crippen molar-refractivity contribution in [2.45, 2.75) is 44.1 Å². The molecule has 1 aliphatic rings. The first-order valence-electron chi connectivity index (χ1n) is 8.09. The van der Waals surface area contributed by atoms with Crippen LogP contribution in [0.4, 0.5) is 4.39 Å². The predicted molar refractivity (Wildman–Crippen MR) is 89.2 cm³/mol. The smallest absolute Gasteiger partial charge is 0.123 e. The lowest BCUT2D eigenvalue weighted by Crippen LogP contribution is -2.32. The molecular formula is C19H23FN2. The Hall–Kier alpha value is -1.74. The Balaban J connectivity index is 1.79. The van der Waals surface area contributed by atoms with Crippen molar-refractivity contribution in [1.29, 1.82) is 0 Å². The van der Waals surface area contributed by atoms with Gasteiger partial charge in [0.25, 0.3) is 0 Å². The van der Waals surface area contributed by atoms with Gasteiger partial charge < -0.3 is 5.73 Å². The van der Waals surface area contributed by atoms with E-state index in [0.29, 0.717) is 11.8 Å². The van der Waals surface area contributed by atoms with Crippen LogP contribution in [0.3, 0.4) is 0 Å². The Morgan fingerprint density at radius 1 is 1.27 bits per heavy atom. The zero-order valence-electron chi connectivity index (χ0n) is 12.8. The summed E-state index contributed by atoms with van der Waals surface area (Å²) in [5.74, 6) is 0.877. The van der Waals surface area contributed by atoms with Gasteiger partial charge in [-0.15, -0.1) is 6.58 Å². The first-order chi connectivity index (χ1) is 10.7. The molecular weight excluding hydrogens is 275 g/mol. The minimum atomic E-state index is -0.191. The molecule has 1 aliphatic carbocycles. The van der Waals surface area contributed by atoms with Crippen molar-refractivity contribution >= 4 is 10.9 Å². The molecule has 22 heavy (non-hydrogen) atoms. The first-order valence-corrected chi connectivity index (χ1v) is 8.09. The van der Waals surface area contributed by atoms with Gasteiger partial charge in [0.05, 0.1) is 5.52 Å². The summed E-state index contributed by atoms with van der Waals surface area (Å²) in [6.07, 6.45) is 9.15. The number of rotatable bonds is 4. The molecule has 2 aromatic rings. The largest absolute Gasteiger partial charge is 0.327 e. The van der Waals surface area contributed by atoms with E-state index in [1.165, 1.54) is 11.6 Å². The van der Waals surface area contributed by atoms with Crippen molar-refractivity contribution in [1.82, 2.24) is 4.98 Å². The van der Waals surface area contributed by atoms with Gasteiger partial charge in [-0.2, -0.15) is 0 Å². The zero-order chi connectivity index (χ0) is 15.5. The van der Waals surface area contributed by atoms with Crippen LogP contribution in [-0.4, -0.2) is 11.0 Å². The summed E-state index contributed by atoms with van der Waals surface area (Å²) >= 11 is 0. The van der Waals surface area contributed by atoms with Crippen LogP contribution in [0, 0.1) is 11.7 Å². The Morgan fingerprint density at radius 3 is 2.77 bits per heavy atom. The fraction of sp³-hybridized carbons (Fsp3) is 0.421. The highest BCUT2D eigenvalue weighted by Gasteiger charge is 2.26. The maximum absolute atomic E-state index is 13.6. The molecule has 1 atom stereocenters. The number of nitrogens with two attached hydrogens (primary N) is 1. The molecule has 0 bridgehead atoms. The lowest BCUT2D eigenvalue weighted by Gasteiger charge is -2.32. The number of halogens is 1. The van der Waals surface area contributed by atoms with Gasteiger partial charge in [0.1, 0.15) is 5.82 Å². The van der Waals surface area contributed by atoms with E-state index in [0.717, 1.165) is 43.0 Å². The lowest BCUT2D eigenvalue weighted by atomic mass is 9.75. The van der Waals surface area contributed by atoms with Crippen LogP contribution in [0.15, 0.2) is 43.1 Å². The predicted octanol–water partition coefficient (Wildman–Crippen LogP) is 4.55. The quantitative estimate of drug-likeness (QED) is 0.841. The summed E-state index contributed by atoms with van der Waals surface area (Å²) in [5.41, 5.74) is 8.34. The molecule has 3 heteroatoms. The van der Waals surface area contributed by atoms with Crippen LogP contribution in [0.2, 0.25) is 0 Å². The standard InChI is InChI=1S/C19H23FN2/c1-2-3-18(21)14-6-4-13(5-7-14)16-10-11-22-19-9-8-15(20)12-17(16)19/h2,8-14,18H,1,3-7,21H2/t13?,14?,18-/m0/s1. The highest BCUT2D eigenvalue weighted by atomic mass is 19.1. The minimum Gasteiger partial charge on any atom is -0.327 e. The second kappa shape index (κ2) is 6.57. The van der Waals surface area contributed by atoms with Crippen molar-refractivity contribution in [3.8, 4) is 0 Å². The van der Waals surface area contributed by atoms with Crippen molar-refractivity contribution < 1.29 is 4.39 Å². The Morgan fingerprint density at radius 2 is 2.05 bits per heavy atom. The second-order valence-electron chi connectivity index (χ2n) is 6.36. The van der Waals surface area contributed by atoms with Gasteiger partial charge in [-0.1, -0.05) is 6.08 Å². The van der Waals surface area contributed by atoms with Crippen molar-refractivity contribution in [2.75, 3.05) is 0 Å². The Labute approximate surface area is 131 Å². The molecule has 1 aromatic carbocycles. The summed E-state index contributed by atoms with van der Waals surface area (Å²) in [7, 11) is 0. The van der Waals surface area contributed by atoms with Gasteiger partial charge in [-0.3, -0.25) is 4.98 Å². The highest BCUT2D eigenvalue weighted by Crippen LogP contribution is 2.39. The number of hydrogen-bond acceptors (Lipinski definition) is 2. The average Bonchev–Trinajstić information content (AvgIpc) is 2.54. The molecule has 1 heterocycles. The molecule has 0 radical (unpaired) electrons. The van der Waals surface area contributed by atoms with Crippen LogP contribution >= 0.6 is 0 Å². The van der Waals surface area contributed by atoms with Gasteiger partial charge in [-0.05, 0) is 73.8 Å². The van der Waals surface area contributed by atoms with Crippen LogP contribution in [0.25, 0.3) is 10.9 Å². The SMILES string of the molecule is C=CC[C@H](N)C1CCC(c2ccnc3ccc(F)cc23)CC1. The monoisotopic (exact) mass is 298 g/mol. The number of aromatic nitrogens is 1. The molecule has 0 spiro atoms. The third-order valence-corrected chi connectivity index (χ3v) is 4.99. The summed E-state index contributed by atoms with van der Waals surface area (Å²) in [6.45, 7) is 3.78. The van der Waals surface area contributed by atoms with Crippen LogP contribution < -0.4 is 5.73 Å². The van der Waals surface area contributed by atoms with Crippen molar-refractivity contribution in [3.05, 3.63) is 54.5 Å². The van der Waals surface area contributed by atoms with E-state index in [2.05, 4.69) is 17.6 Å². The van der Waals surface area contributed by atoms with E-state index in [1.54, 1.807) is 12.1 Å². The lowest BCUT2D eigenvalue weighted by molar-refractivity contribution is 0.283. The van der Waals surface area contributed by atoms with E-state index in [-0.39, 0.29) is 11.9 Å². The fourth-order valence-corrected chi connectivity index (χ4v) is 3.74. The molecule has 1 fully saturated rings. The molecule has 2 N–H and O–H groups in total. The highest BCUT2D eigenvalue weighted by molar-refractivity contribution is 5.82. The second-order valence-corrected chi connectivity index (χ2v) is 6.36. The molecule has 3 rings (SSSR count). The average molecular weight is 298 g/mol. The van der Waals surface area contributed by atoms with Gasteiger partial charge in [0.2, 0.25) is 0 Å². The molecule has 0 amide bonds. The summed E-state index contributed by atoms with van der Waals surface area (Å²) in [4.78, 5) is 4.35.